The van der Waals surface area contributed by atoms with Crippen molar-refractivity contribution in [2.75, 3.05) is 24.3 Å². The van der Waals surface area contributed by atoms with E-state index in [9.17, 15) is 4.79 Å². The van der Waals surface area contributed by atoms with Crippen LogP contribution in [-0.2, 0) is 4.79 Å². The molecular weight excluding hydrogens is 268 g/mol. The fourth-order valence-corrected chi connectivity index (χ4v) is 2.68. The molecule has 3 rings (SSSR count). The lowest BCUT2D eigenvalue weighted by atomic mass is 10.1. The molecule has 21 heavy (non-hydrogen) atoms. The first kappa shape index (κ1) is 13.9. The van der Waals surface area contributed by atoms with Crippen LogP contribution < -0.4 is 16.0 Å². The van der Waals surface area contributed by atoms with Gasteiger partial charge in [0.1, 0.15) is 5.52 Å². The maximum atomic E-state index is 12.2. The van der Waals surface area contributed by atoms with Gasteiger partial charge in [-0.05, 0) is 37.5 Å². The summed E-state index contributed by atoms with van der Waals surface area (Å²) in [6.07, 6.45) is 2.55. The zero-order valence-electron chi connectivity index (χ0n) is 12.3. The maximum Gasteiger partial charge on any atom is 0.297 e. The first-order valence-electron chi connectivity index (χ1n) is 7.17. The molecule has 0 saturated heterocycles. The first-order chi connectivity index (χ1) is 10.0. The zero-order valence-corrected chi connectivity index (χ0v) is 12.3. The average molecular weight is 288 g/mol. The minimum absolute atomic E-state index is 0.0188. The van der Waals surface area contributed by atoms with Crippen LogP contribution in [-0.4, -0.2) is 31.0 Å². The molecule has 0 radical (unpaired) electrons. The first-order valence-corrected chi connectivity index (χ1v) is 7.17. The quantitative estimate of drug-likeness (QED) is 0.902. The van der Waals surface area contributed by atoms with E-state index in [1.807, 2.05) is 32.3 Å². The van der Waals surface area contributed by atoms with Crippen LogP contribution in [0.1, 0.15) is 19.3 Å². The summed E-state index contributed by atoms with van der Waals surface area (Å²) in [7, 11) is 3.74. The third-order valence-corrected chi connectivity index (χ3v) is 3.87. The molecular formula is C15H20N4O2. The molecule has 6 nitrogen and oxygen atoms in total. The highest BCUT2D eigenvalue weighted by Crippen LogP contribution is 2.27. The molecule has 112 valence electrons. The molecule has 0 aliphatic heterocycles. The summed E-state index contributed by atoms with van der Waals surface area (Å²) in [5, 5.41) is 2.95. The molecule has 1 heterocycles. The number of aromatic nitrogens is 1. The van der Waals surface area contributed by atoms with E-state index in [0.29, 0.717) is 11.6 Å². The van der Waals surface area contributed by atoms with Gasteiger partial charge in [0.25, 0.3) is 6.01 Å². The molecule has 3 N–H and O–H groups in total. The summed E-state index contributed by atoms with van der Waals surface area (Å²) in [6.45, 7) is 0. The predicted molar refractivity (Wildman–Crippen MR) is 82.3 cm³/mol. The molecule has 1 fully saturated rings. The average Bonchev–Trinajstić information content (AvgIpc) is 3.04. The number of benzene rings is 1. The summed E-state index contributed by atoms with van der Waals surface area (Å²) < 4.78 is 5.59. The van der Waals surface area contributed by atoms with Crippen molar-refractivity contribution in [2.45, 2.75) is 25.3 Å². The van der Waals surface area contributed by atoms with Crippen molar-refractivity contribution in [3.8, 4) is 0 Å². The van der Waals surface area contributed by atoms with Crippen LogP contribution in [0.2, 0.25) is 0 Å². The molecule has 1 aromatic heterocycles. The number of hydrogen-bond donors (Lipinski definition) is 2. The summed E-state index contributed by atoms with van der Waals surface area (Å²) in [4.78, 5) is 18.4. The molecule has 6 heteroatoms. The van der Waals surface area contributed by atoms with Gasteiger partial charge in [0.2, 0.25) is 5.91 Å². The van der Waals surface area contributed by atoms with E-state index in [-0.39, 0.29) is 17.9 Å². The van der Waals surface area contributed by atoms with Gasteiger partial charge < -0.3 is 20.4 Å². The van der Waals surface area contributed by atoms with Gasteiger partial charge in [0, 0.05) is 31.7 Å². The highest BCUT2D eigenvalue weighted by Gasteiger charge is 2.27. The van der Waals surface area contributed by atoms with Crippen molar-refractivity contribution < 1.29 is 9.21 Å². The molecule has 2 atom stereocenters. The van der Waals surface area contributed by atoms with Crippen LogP contribution in [0, 0.1) is 5.92 Å². The van der Waals surface area contributed by atoms with Crippen molar-refractivity contribution in [1.82, 2.24) is 4.98 Å². The lowest BCUT2D eigenvalue weighted by Crippen LogP contribution is -2.23. The number of nitrogens with two attached hydrogens (primary N) is 1. The molecule has 1 saturated carbocycles. The molecule has 0 bridgehead atoms. The fourth-order valence-electron chi connectivity index (χ4n) is 2.68. The Morgan fingerprint density at radius 3 is 2.90 bits per heavy atom. The van der Waals surface area contributed by atoms with Crippen molar-refractivity contribution in [2.24, 2.45) is 11.7 Å². The van der Waals surface area contributed by atoms with Gasteiger partial charge >= 0.3 is 0 Å². The largest absolute Gasteiger partial charge is 0.423 e. The Balaban J connectivity index is 1.76. The van der Waals surface area contributed by atoms with Crippen LogP contribution >= 0.6 is 0 Å². The molecule has 2 aromatic rings. The number of oxazole rings is 1. The van der Waals surface area contributed by atoms with Crippen LogP contribution in [0.15, 0.2) is 22.6 Å². The Morgan fingerprint density at radius 2 is 2.24 bits per heavy atom. The van der Waals surface area contributed by atoms with Gasteiger partial charge in [-0.3, -0.25) is 4.79 Å². The standard InChI is InChI=1S/C15H20N4O2/c1-19(2)15-18-12-8-11(5-6-13(12)21-15)17-14(20)9-3-4-10(16)7-9/h5-6,8-10H,3-4,7,16H2,1-2H3,(H,17,20). The number of amides is 1. The van der Waals surface area contributed by atoms with Crippen molar-refractivity contribution in [3.63, 3.8) is 0 Å². The van der Waals surface area contributed by atoms with Crippen LogP contribution in [0.4, 0.5) is 11.7 Å². The Hall–Kier alpha value is -2.08. The number of rotatable bonds is 3. The monoisotopic (exact) mass is 288 g/mol. The van der Waals surface area contributed by atoms with Crippen LogP contribution in [0.5, 0.6) is 0 Å². The lowest BCUT2D eigenvalue weighted by molar-refractivity contribution is -0.119. The van der Waals surface area contributed by atoms with Crippen LogP contribution in [0.3, 0.4) is 0 Å². The predicted octanol–water partition coefficient (Wildman–Crippen LogP) is 1.96. The summed E-state index contributed by atoms with van der Waals surface area (Å²) in [5.41, 5.74) is 8.04. The number of nitrogens with zero attached hydrogens (tertiary/aromatic N) is 2. The van der Waals surface area contributed by atoms with E-state index < -0.39 is 0 Å². The second kappa shape index (κ2) is 5.37. The summed E-state index contributed by atoms with van der Waals surface area (Å²) in [6, 6.07) is 6.20. The van der Waals surface area contributed by atoms with E-state index in [2.05, 4.69) is 10.3 Å². The van der Waals surface area contributed by atoms with Crippen molar-refractivity contribution in [3.05, 3.63) is 18.2 Å². The van der Waals surface area contributed by atoms with Crippen molar-refractivity contribution >= 4 is 28.7 Å². The molecule has 0 spiro atoms. The van der Waals surface area contributed by atoms with Gasteiger partial charge in [-0.15, -0.1) is 0 Å². The van der Waals surface area contributed by atoms with Gasteiger partial charge in [-0.1, -0.05) is 0 Å². The Kier molecular flexibility index (Phi) is 3.55. The number of hydrogen-bond acceptors (Lipinski definition) is 5. The topological polar surface area (TPSA) is 84.4 Å². The molecule has 1 aromatic carbocycles. The Bertz CT molecular complexity index is 665. The van der Waals surface area contributed by atoms with E-state index >= 15 is 0 Å². The normalized spacial score (nSPS) is 21.7. The Labute approximate surface area is 123 Å². The summed E-state index contributed by atoms with van der Waals surface area (Å²) >= 11 is 0. The molecule has 1 aliphatic rings. The molecule has 1 aliphatic carbocycles. The van der Waals surface area contributed by atoms with E-state index in [1.54, 1.807) is 4.90 Å². The third-order valence-electron chi connectivity index (χ3n) is 3.87. The highest BCUT2D eigenvalue weighted by atomic mass is 16.4. The second-order valence-electron chi connectivity index (χ2n) is 5.83. The third kappa shape index (κ3) is 2.85. The Morgan fingerprint density at radius 1 is 1.43 bits per heavy atom. The molecule has 2 unspecified atom stereocenters. The SMILES string of the molecule is CN(C)c1nc2cc(NC(=O)C3CCC(N)C3)ccc2o1. The minimum Gasteiger partial charge on any atom is -0.423 e. The van der Waals surface area contributed by atoms with E-state index in [0.717, 1.165) is 30.5 Å². The molecule has 1 amide bonds. The number of anilines is 2. The van der Waals surface area contributed by atoms with Crippen molar-refractivity contribution in [1.29, 1.82) is 0 Å². The lowest BCUT2D eigenvalue weighted by Gasteiger charge is -2.10. The maximum absolute atomic E-state index is 12.2. The van der Waals surface area contributed by atoms with Gasteiger partial charge in [0.05, 0.1) is 0 Å². The van der Waals surface area contributed by atoms with Gasteiger partial charge in [-0.2, -0.15) is 4.98 Å². The van der Waals surface area contributed by atoms with Gasteiger partial charge in [0.15, 0.2) is 5.58 Å². The van der Waals surface area contributed by atoms with E-state index in [1.165, 1.54) is 0 Å². The number of carbonyl (C=O) groups excluding carboxylic acids is 1. The number of carbonyl (C=O) groups is 1. The number of fused-ring (bicyclic) bond motifs is 1. The van der Waals surface area contributed by atoms with E-state index in [4.69, 9.17) is 10.2 Å². The minimum atomic E-state index is 0.0188. The zero-order chi connectivity index (χ0) is 15.0. The summed E-state index contributed by atoms with van der Waals surface area (Å²) in [5.74, 6) is 0.0592. The van der Waals surface area contributed by atoms with Crippen LogP contribution in [0.25, 0.3) is 11.1 Å². The highest BCUT2D eigenvalue weighted by molar-refractivity contribution is 5.94. The number of nitrogens with one attached hydrogen (secondary N) is 1. The fraction of sp³-hybridized carbons (Fsp3) is 0.467. The second-order valence-corrected chi connectivity index (χ2v) is 5.83. The smallest absolute Gasteiger partial charge is 0.297 e. The van der Waals surface area contributed by atoms with Gasteiger partial charge in [-0.25, -0.2) is 0 Å².